The van der Waals surface area contributed by atoms with Gasteiger partial charge in [-0.15, -0.1) is 6.58 Å². The van der Waals surface area contributed by atoms with Gasteiger partial charge in [0, 0.05) is 12.5 Å². The molecule has 0 heterocycles. The lowest BCUT2D eigenvalue weighted by Gasteiger charge is -2.38. The normalized spacial score (nSPS) is 15.1. The summed E-state index contributed by atoms with van der Waals surface area (Å²) in [7, 11) is -1.84. The van der Waals surface area contributed by atoms with E-state index in [0.717, 1.165) is 19.3 Å². The Kier molecular flexibility index (Phi) is 10.2. The topological polar surface area (TPSA) is 35.5 Å². The molecule has 0 aliphatic carbocycles. The van der Waals surface area contributed by atoms with Gasteiger partial charge in [-0.05, 0) is 30.6 Å². The van der Waals surface area contributed by atoms with Gasteiger partial charge in [0.15, 0.2) is 8.32 Å². The van der Waals surface area contributed by atoms with Gasteiger partial charge in [0.2, 0.25) is 0 Å². The molecular weight excluding hydrogens is 316 g/mol. The summed E-state index contributed by atoms with van der Waals surface area (Å²) in [6.45, 7) is 20.6. The van der Waals surface area contributed by atoms with E-state index in [2.05, 4.69) is 60.0 Å². The smallest absolute Gasteiger partial charge is 0.330 e. The number of hydrogen-bond donors (Lipinski definition) is 0. The number of ether oxygens (including phenoxy) is 1. The van der Waals surface area contributed by atoms with E-state index < -0.39 is 14.3 Å². The minimum atomic E-state index is -1.84. The maximum absolute atomic E-state index is 11.4. The molecule has 0 aromatic rings. The second-order valence-electron chi connectivity index (χ2n) is 7.65. The number of unbranched alkanes of at least 4 members (excludes halogenated alkanes) is 1. The Hall–Kier alpha value is -1.13. The first-order valence-corrected chi connectivity index (χ1v) is 11.8. The predicted octanol–water partition coefficient (Wildman–Crippen LogP) is 5.80. The van der Waals surface area contributed by atoms with Crippen LogP contribution in [0.4, 0.5) is 0 Å². The summed E-state index contributed by atoms with van der Waals surface area (Å²) < 4.78 is 11.9. The second kappa shape index (κ2) is 10.7. The third-order valence-corrected chi connectivity index (χ3v) is 8.97. The lowest BCUT2D eigenvalue weighted by atomic mass is 10.1. The summed E-state index contributed by atoms with van der Waals surface area (Å²) in [5.74, 6) is -0.415. The molecule has 0 radical (unpaired) electrons. The van der Waals surface area contributed by atoms with Crippen LogP contribution in [0, 0.1) is 0 Å². The molecule has 0 saturated heterocycles. The molecule has 0 bridgehead atoms. The first-order valence-electron chi connectivity index (χ1n) is 8.87. The number of esters is 1. The highest BCUT2D eigenvalue weighted by atomic mass is 28.4. The minimum Gasteiger partial charge on any atom is -0.455 e. The van der Waals surface area contributed by atoms with Crippen LogP contribution in [0.3, 0.4) is 0 Å². The van der Waals surface area contributed by atoms with E-state index in [1.54, 1.807) is 6.08 Å². The zero-order valence-electron chi connectivity index (χ0n) is 16.4. The summed E-state index contributed by atoms with van der Waals surface area (Å²) >= 11 is 0. The van der Waals surface area contributed by atoms with Gasteiger partial charge >= 0.3 is 5.97 Å². The Morgan fingerprint density at radius 3 is 2.21 bits per heavy atom. The lowest BCUT2D eigenvalue weighted by Crippen LogP contribution is -2.43. The van der Waals surface area contributed by atoms with E-state index in [1.165, 1.54) is 6.08 Å². The molecule has 0 aromatic carbocycles. The number of rotatable bonds is 11. The fourth-order valence-electron chi connectivity index (χ4n) is 1.93. The van der Waals surface area contributed by atoms with Gasteiger partial charge in [0.1, 0.15) is 6.10 Å². The summed E-state index contributed by atoms with van der Waals surface area (Å²) in [5.41, 5.74) is 0. The highest BCUT2D eigenvalue weighted by molar-refractivity contribution is 6.74. The van der Waals surface area contributed by atoms with Crippen molar-refractivity contribution in [3.63, 3.8) is 0 Å². The van der Waals surface area contributed by atoms with Crippen molar-refractivity contribution in [2.24, 2.45) is 0 Å². The fraction of sp³-hybridized carbons (Fsp3) is 0.650. The molecule has 0 aliphatic rings. The summed E-state index contributed by atoms with van der Waals surface area (Å²) in [6, 6.07) is 0. The van der Waals surface area contributed by atoms with Crippen LogP contribution >= 0.6 is 0 Å². The Labute approximate surface area is 149 Å². The fourth-order valence-corrected chi connectivity index (χ4v) is 3.24. The van der Waals surface area contributed by atoms with Crippen LogP contribution in [-0.4, -0.2) is 26.5 Å². The first-order chi connectivity index (χ1) is 11.1. The summed E-state index contributed by atoms with van der Waals surface area (Å²) in [4.78, 5) is 11.4. The molecule has 0 aliphatic heterocycles. The quantitative estimate of drug-likeness (QED) is 0.204. The van der Waals surface area contributed by atoms with Crippen LogP contribution in [0.25, 0.3) is 0 Å². The van der Waals surface area contributed by atoms with Crippen molar-refractivity contribution >= 4 is 14.3 Å². The molecule has 3 nitrogen and oxygen atoms in total. The van der Waals surface area contributed by atoms with Crippen molar-refractivity contribution in [3.8, 4) is 0 Å². The average molecular weight is 353 g/mol. The molecule has 0 unspecified atom stereocenters. The van der Waals surface area contributed by atoms with Gasteiger partial charge < -0.3 is 9.16 Å². The number of hydrogen-bond acceptors (Lipinski definition) is 3. The van der Waals surface area contributed by atoms with Crippen molar-refractivity contribution < 1.29 is 14.0 Å². The van der Waals surface area contributed by atoms with Gasteiger partial charge in [-0.1, -0.05) is 59.3 Å². The highest BCUT2D eigenvalue weighted by Gasteiger charge is 2.38. The molecule has 0 aromatic heterocycles. The van der Waals surface area contributed by atoms with Crippen LogP contribution in [-0.2, 0) is 14.0 Å². The van der Waals surface area contributed by atoms with Gasteiger partial charge in [-0.25, -0.2) is 4.79 Å². The van der Waals surface area contributed by atoms with Gasteiger partial charge in [-0.2, -0.15) is 0 Å². The molecule has 138 valence electrons. The third kappa shape index (κ3) is 8.64. The Bertz CT molecular complexity index is 433. The van der Waals surface area contributed by atoms with Gasteiger partial charge in [0.25, 0.3) is 0 Å². The van der Waals surface area contributed by atoms with Crippen molar-refractivity contribution in [2.45, 2.75) is 83.7 Å². The molecule has 0 spiro atoms. The number of carbonyl (C=O) groups is 1. The molecule has 0 N–H and O–H groups in total. The Morgan fingerprint density at radius 1 is 1.17 bits per heavy atom. The van der Waals surface area contributed by atoms with E-state index in [4.69, 9.17) is 9.16 Å². The zero-order chi connectivity index (χ0) is 18.8. The third-order valence-electron chi connectivity index (χ3n) is 4.47. The van der Waals surface area contributed by atoms with Crippen LogP contribution in [0.15, 0.2) is 37.5 Å². The van der Waals surface area contributed by atoms with E-state index in [9.17, 15) is 4.79 Å². The SMILES string of the molecule is C=CC[C@H](/C=C\[C@H](CCCC)O[Si](C)(C)C(C)(C)C)OC(=O)C=C. The molecule has 0 amide bonds. The molecule has 2 atom stereocenters. The minimum absolute atomic E-state index is 0.0561. The van der Waals surface area contributed by atoms with E-state index in [1.807, 2.05) is 6.08 Å². The van der Waals surface area contributed by atoms with Crippen LogP contribution in [0.5, 0.6) is 0 Å². The van der Waals surface area contributed by atoms with Crippen molar-refractivity contribution in [1.29, 1.82) is 0 Å². The van der Waals surface area contributed by atoms with E-state index >= 15 is 0 Å². The van der Waals surface area contributed by atoms with E-state index in [-0.39, 0.29) is 17.2 Å². The first kappa shape index (κ1) is 22.9. The maximum atomic E-state index is 11.4. The van der Waals surface area contributed by atoms with E-state index in [0.29, 0.717) is 6.42 Å². The van der Waals surface area contributed by atoms with Crippen molar-refractivity contribution in [3.05, 3.63) is 37.5 Å². The molecular formula is C20H36O3Si. The molecule has 0 saturated carbocycles. The van der Waals surface area contributed by atoms with Crippen LogP contribution in [0.1, 0.15) is 53.4 Å². The second-order valence-corrected chi connectivity index (χ2v) is 12.4. The zero-order valence-corrected chi connectivity index (χ0v) is 17.4. The van der Waals surface area contributed by atoms with Crippen LogP contribution in [0.2, 0.25) is 18.1 Å². The highest BCUT2D eigenvalue weighted by Crippen LogP contribution is 2.38. The molecule has 24 heavy (non-hydrogen) atoms. The standard InChI is InChI=1S/C20H36O3Si/c1-9-12-14-18(23-24(7,8)20(4,5)6)16-15-17(13-10-2)22-19(21)11-3/h10-11,15-18H,2-3,9,12-14H2,1,4-8H3/b16-15-/t17-,18+/m1/s1. The largest absolute Gasteiger partial charge is 0.455 e. The Balaban J connectivity index is 5.11. The molecule has 0 fully saturated rings. The molecule has 0 rings (SSSR count). The van der Waals surface area contributed by atoms with Crippen LogP contribution < -0.4 is 0 Å². The summed E-state index contributed by atoms with van der Waals surface area (Å²) in [5, 5.41) is 0.168. The van der Waals surface area contributed by atoms with Gasteiger partial charge in [-0.3, -0.25) is 0 Å². The van der Waals surface area contributed by atoms with Crippen molar-refractivity contribution in [2.75, 3.05) is 0 Å². The predicted molar refractivity (Wildman–Crippen MR) is 106 cm³/mol. The lowest BCUT2D eigenvalue weighted by molar-refractivity contribution is -0.140. The maximum Gasteiger partial charge on any atom is 0.330 e. The average Bonchev–Trinajstić information content (AvgIpc) is 2.48. The Morgan fingerprint density at radius 2 is 1.75 bits per heavy atom. The summed E-state index contributed by atoms with van der Waals surface area (Å²) in [6.07, 6.45) is 10.5. The number of carbonyl (C=O) groups excluding carboxylic acids is 1. The monoisotopic (exact) mass is 352 g/mol. The molecule has 4 heteroatoms. The van der Waals surface area contributed by atoms with Gasteiger partial charge in [0.05, 0.1) is 6.10 Å². The van der Waals surface area contributed by atoms with Crippen molar-refractivity contribution in [1.82, 2.24) is 0 Å².